The molecule has 0 saturated heterocycles. The zero-order valence-electron chi connectivity index (χ0n) is 7.71. The maximum absolute atomic E-state index is 10.8. The number of nitrogens with one attached hydrogen (secondary N) is 1. The third-order valence-corrected chi connectivity index (χ3v) is 2.58. The van der Waals surface area contributed by atoms with Crippen LogP contribution in [0.2, 0.25) is 0 Å². The predicted octanol–water partition coefficient (Wildman–Crippen LogP) is 1.90. The second-order valence-electron chi connectivity index (χ2n) is 2.77. The normalized spacial score (nSPS) is 10.4. The van der Waals surface area contributed by atoms with Crippen molar-refractivity contribution in [3.8, 4) is 0 Å². The molecule has 2 heterocycles. The summed E-state index contributed by atoms with van der Waals surface area (Å²) in [5.41, 5.74) is 0. The smallest absolute Gasteiger partial charge is 0.359 e. The summed E-state index contributed by atoms with van der Waals surface area (Å²) in [6.45, 7) is 3.98. The van der Waals surface area contributed by atoms with Gasteiger partial charge < -0.3 is 15.4 Å². The number of aromatic nitrogens is 2. The van der Waals surface area contributed by atoms with Crippen molar-refractivity contribution in [1.82, 2.24) is 9.38 Å². The van der Waals surface area contributed by atoms with Crippen LogP contribution in [0, 0.1) is 10.1 Å². The van der Waals surface area contributed by atoms with Crippen LogP contribution in [0.15, 0.2) is 24.2 Å². The number of fused-ring (bicyclic) bond motifs is 1. The van der Waals surface area contributed by atoms with Crippen LogP contribution in [0.4, 0.5) is 11.6 Å². The van der Waals surface area contributed by atoms with Gasteiger partial charge in [-0.1, -0.05) is 17.4 Å². The molecule has 6 nitrogen and oxygen atoms in total. The summed E-state index contributed by atoms with van der Waals surface area (Å²) < 4.78 is 1.45. The van der Waals surface area contributed by atoms with E-state index in [0.717, 1.165) is 0 Å². The maximum Gasteiger partial charge on any atom is 0.372 e. The first-order valence-corrected chi connectivity index (χ1v) is 5.06. The Morgan fingerprint density at radius 2 is 2.60 bits per heavy atom. The highest BCUT2D eigenvalue weighted by Gasteiger charge is 2.22. The highest BCUT2D eigenvalue weighted by Crippen LogP contribution is 2.27. The Morgan fingerprint density at radius 1 is 1.80 bits per heavy atom. The van der Waals surface area contributed by atoms with Gasteiger partial charge in [0.25, 0.3) is 4.96 Å². The van der Waals surface area contributed by atoms with Gasteiger partial charge in [0.15, 0.2) is 0 Å². The van der Waals surface area contributed by atoms with Gasteiger partial charge in [0.05, 0.1) is 0 Å². The quantitative estimate of drug-likeness (QED) is 0.489. The highest BCUT2D eigenvalue weighted by atomic mass is 32.1. The van der Waals surface area contributed by atoms with Gasteiger partial charge in [-0.15, -0.1) is 6.58 Å². The van der Waals surface area contributed by atoms with Crippen molar-refractivity contribution < 1.29 is 4.92 Å². The summed E-state index contributed by atoms with van der Waals surface area (Å²) in [5.74, 6) is 0.250. The Kier molecular flexibility index (Phi) is 2.38. The van der Waals surface area contributed by atoms with Crippen LogP contribution in [0.5, 0.6) is 0 Å². The summed E-state index contributed by atoms with van der Waals surface area (Å²) in [6.07, 6.45) is 3.25. The summed E-state index contributed by atoms with van der Waals surface area (Å²) in [4.78, 5) is 15.1. The van der Waals surface area contributed by atoms with Crippen LogP contribution < -0.4 is 5.32 Å². The van der Waals surface area contributed by atoms with Gasteiger partial charge >= 0.3 is 5.82 Å². The monoisotopic (exact) mass is 224 g/mol. The van der Waals surface area contributed by atoms with Crippen molar-refractivity contribution in [2.45, 2.75) is 0 Å². The van der Waals surface area contributed by atoms with E-state index in [1.54, 1.807) is 17.7 Å². The molecule has 0 aliphatic heterocycles. The Hall–Kier alpha value is -1.89. The molecule has 15 heavy (non-hydrogen) atoms. The van der Waals surface area contributed by atoms with Crippen LogP contribution in [0.25, 0.3) is 4.96 Å². The molecule has 0 amide bonds. The van der Waals surface area contributed by atoms with Gasteiger partial charge in [0, 0.05) is 11.9 Å². The lowest BCUT2D eigenvalue weighted by Gasteiger charge is -1.98. The minimum absolute atomic E-state index is 0.0342. The van der Waals surface area contributed by atoms with Crippen molar-refractivity contribution in [2.75, 3.05) is 11.9 Å². The summed E-state index contributed by atoms with van der Waals surface area (Å²) in [7, 11) is 0. The van der Waals surface area contributed by atoms with Crippen LogP contribution >= 0.6 is 11.3 Å². The third kappa shape index (κ3) is 1.57. The summed E-state index contributed by atoms with van der Waals surface area (Å²) in [5, 5.41) is 15.4. The zero-order chi connectivity index (χ0) is 10.8. The number of thiazole rings is 1. The topological polar surface area (TPSA) is 72.5 Å². The van der Waals surface area contributed by atoms with Crippen molar-refractivity contribution in [3.05, 3.63) is 34.3 Å². The van der Waals surface area contributed by atoms with E-state index < -0.39 is 4.92 Å². The number of hydrogen-bond donors (Lipinski definition) is 1. The first-order valence-electron chi connectivity index (χ1n) is 4.18. The number of anilines is 1. The van der Waals surface area contributed by atoms with E-state index in [-0.39, 0.29) is 11.6 Å². The first-order chi connectivity index (χ1) is 7.24. The van der Waals surface area contributed by atoms with E-state index in [9.17, 15) is 10.1 Å². The number of hydrogen-bond acceptors (Lipinski definition) is 5. The molecule has 0 aromatic carbocycles. The molecular weight excluding hydrogens is 216 g/mol. The molecule has 0 unspecified atom stereocenters. The number of nitro groups is 1. The van der Waals surface area contributed by atoms with Gasteiger partial charge in [-0.3, -0.25) is 0 Å². The maximum atomic E-state index is 10.8. The molecule has 2 aromatic heterocycles. The van der Waals surface area contributed by atoms with Gasteiger partial charge in [0.2, 0.25) is 5.82 Å². The molecule has 2 rings (SSSR count). The molecular formula is C8H8N4O2S. The molecule has 0 fully saturated rings. The molecule has 78 valence electrons. The average molecular weight is 224 g/mol. The van der Waals surface area contributed by atoms with Crippen molar-refractivity contribution in [2.24, 2.45) is 0 Å². The first kappa shape index (κ1) is 9.66. The fraction of sp³-hybridized carbons (Fsp3) is 0.125. The van der Waals surface area contributed by atoms with E-state index in [1.165, 1.54) is 15.7 Å². The molecule has 1 N–H and O–H groups in total. The van der Waals surface area contributed by atoms with E-state index in [2.05, 4.69) is 16.9 Å². The third-order valence-electron chi connectivity index (χ3n) is 1.82. The lowest BCUT2D eigenvalue weighted by molar-refractivity contribution is -0.389. The SMILES string of the molecule is C=CCNc1nc2sccn2c1[N+](=O)[O-]. The minimum atomic E-state index is -0.446. The second kappa shape index (κ2) is 3.70. The molecule has 2 aromatic rings. The molecule has 7 heteroatoms. The Morgan fingerprint density at radius 3 is 3.27 bits per heavy atom. The molecule has 0 aliphatic carbocycles. The molecule has 0 bridgehead atoms. The molecule has 0 radical (unpaired) electrons. The van der Waals surface area contributed by atoms with Gasteiger partial charge in [-0.05, 0) is 4.92 Å². The van der Waals surface area contributed by atoms with Gasteiger partial charge in [0.1, 0.15) is 6.20 Å². The predicted molar refractivity (Wildman–Crippen MR) is 58.4 cm³/mol. The number of imidazole rings is 1. The lowest BCUT2D eigenvalue weighted by Crippen LogP contribution is -2.02. The van der Waals surface area contributed by atoms with E-state index >= 15 is 0 Å². The summed E-state index contributed by atoms with van der Waals surface area (Å²) >= 11 is 1.35. The summed E-state index contributed by atoms with van der Waals surface area (Å²) in [6, 6.07) is 0. The largest absolute Gasteiger partial charge is 0.372 e. The number of rotatable bonds is 4. The average Bonchev–Trinajstić information content (AvgIpc) is 2.72. The standard InChI is InChI=1S/C8H8N4O2S/c1-2-3-9-6-7(12(13)14)11-4-5-15-8(11)10-6/h2,4-5,9H,1,3H2. The van der Waals surface area contributed by atoms with Crippen LogP contribution in [0.3, 0.4) is 0 Å². The fourth-order valence-electron chi connectivity index (χ4n) is 1.24. The van der Waals surface area contributed by atoms with E-state index in [4.69, 9.17) is 0 Å². The molecule has 0 aliphatic rings. The second-order valence-corrected chi connectivity index (χ2v) is 3.64. The Labute approximate surface area is 89.0 Å². The Balaban J connectivity index is 2.51. The van der Waals surface area contributed by atoms with E-state index in [1.807, 2.05) is 0 Å². The Bertz CT molecular complexity index is 516. The fourth-order valence-corrected chi connectivity index (χ4v) is 1.94. The number of nitrogens with zero attached hydrogens (tertiary/aromatic N) is 3. The van der Waals surface area contributed by atoms with Crippen LogP contribution in [-0.2, 0) is 0 Å². The van der Waals surface area contributed by atoms with E-state index in [0.29, 0.717) is 11.5 Å². The van der Waals surface area contributed by atoms with Gasteiger partial charge in [-0.25, -0.2) is 0 Å². The zero-order valence-corrected chi connectivity index (χ0v) is 8.53. The van der Waals surface area contributed by atoms with Gasteiger partial charge in [-0.2, -0.15) is 9.38 Å². The molecule has 0 atom stereocenters. The van der Waals surface area contributed by atoms with Crippen molar-refractivity contribution >= 4 is 27.9 Å². The molecule has 0 spiro atoms. The highest BCUT2D eigenvalue weighted by molar-refractivity contribution is 7.15. The molecule has 0 saturated carbocycles. The van der Waals surface area contributed by atoms with Crippen molar-refractivity contribution in [3.63, 3.8) is 0 Å². The van der Waals surface area contributed by atoms with Crippen LogP contribution in [-0.4, -0.2) is 20.9 Å². The van der Waals surface area contributed by atoms with Crippen LogP contribution in [0.1, 0.15) is 0 Å². The lowest BCUT2D eigenvalue weighted by atomic mass is 10.5. The van der Waals surface area contributed by atoms with Crippen molar-refractivity contribution in [1.29, 1.82) is 0 Å². The minimum Gasteiger partial charge on any atom is -0.359 e.